The van der Waals surface area contributed by atoms with E-state index in [1.165, 1.54) is 24.3 Å². The summed E-state index contributed by atoms with van der Waals surface area (Å²) in [6, 6.07) is 8.88. The van der Waals surface area contributed by atoms with E-state index in [-0.39, 0.29) is 30.5 Å². The van der Waals surface area contributed by atoms with E-state index in [0.717, 1.165) is 28.6 Å². The van der Waals surface area contributed by atoms with Crippen molar-refractivity contribution in [1.29, 1.82) is 0 Å². The van der Waals surface area contributed by atoms with Crippen molar-refractivity contribution < 1.29 is 39.9 Å². The molecule has 0 saturated carbocycles. The van der Waals surface area contributed by atoms with Gasteiger partial charge < -0.3 is 14.5 Å². The summed E-state index contributed by atoms with van der Waals surface area (Å²) in [6.45, 7) is -0.0388. The molecule has 1 unspecified atom stereocenters. The Morgan fingerprint density at radius 1 is 1.18 bits per heavy atom. The summed E-state index contributed by atoms with van der Waals surface area (Å²) in [7, 11) is -4.18. The van der Waals surface area contributed by atoms with Crippen molar-refractivity contribution >= 4 is 26.9 Å². The van der Waals surface area contributed by atoms with Crippen LogP contribution >= 0.6 is 0 Å². The Morgan fingerprint density at radius 3 is 2.73 bits per heavy atom. The lowest BCUT2D eigenvalue weighted by Crippen LogP contribution is -2.45. The van der Waals surface area contributed by atoms with Gasteiger partial charge in [-0.3, -0.25) is 4.79 Å². The number of rotatable bonds is 6. The highest BCUT2D eigenvalue weighted by Crippen LogP contribution is 2.30. The van der Waals surface area contributed by atoms with Crippen LogP contribution in [0.1, 0.15) is 18.4 Å². The number of ether oxygens (including phenoxy) is 1. The summed E-state index contributed by atoms with van der Waals surface area (Å²) in [6.07, 6.45) is -4.15. The molecule has 1 N–H and O–H groups in total. The van der Waals surface area contributed by atoms with Crippen molar-refractivity contribution in [3.05, 3.63) is 59.9 Å². The molecule has 7 nitrogen and oxygen atoms in total. The normalized spacial score (nSPS) is 17.4. The Bertz CT molecular complexity index is 1290. The number of alkyl halides is 3. The minimum atomic E-state index is -4.84. The average Bonchev–Trinajstić information content (AvgIpc) is 3.38. The molecule has 0 radical (unpaired) electrons. The first-order chi connectivity index (χ1) is 15.5. The Labute approximate surface area is 186 Å². The van der Waals surface area contributed by atoms with E-state index in [4.69, 9.17) is 4.42 Å². The molecule has 4 rings (SSSR count). The van der Waals surface area contributed by atoms with E-state index in [0.29, 0.717) is 12.0 Å². The Kier molecular flexibility index (Phi) is 6.06. The first kappa shape index (κ1) is 23.1. The van der Waals surface area contributed by atoms with Gasteiger partial charge in [-0.15, -0.1) is 13.2 Å². The molecular formula is C21H18F4N2O5S. The van der Waals surface area contributed by atoms with Gasteiger partial charge in [0.2, 0.25) is 11.0 Å². The predicted molar refractivity (Wildman–Crippen MR) is 108 cm³/mol. The van der Waals surface area contributed by atoms with E-state index >= 15 is 0 Å². The first-order valence-corrected chi connectivity index (χ1v) is 11.3. The number of fused-ring (bicyclic) bond motifs is 1. The molecule has 2 heterocycles. The maximum atomic E-state index is 13.4. The SMILES string of the molecule is O=C(NCc1cccc(OC(F)(F)F)c1)C1CCCN1S(=O)(=O)c1cc2cc(F)ccc2o1. The Morgan fingerprint density at radius 2 is 1.97 bits per heavy atom. The van der Waals surface area contributed by atoms with Gasteiger partial charge in [-0.1, -0.05) is 12.1 Å². The molecule has 0 aliphatic carbocycles. The van der Waals surface area contributed by atoms with Gasteiger partial charge in [0.05, 0.1) is 0 Å². The third-order valence-corrected chi connectivity index (χ3v) is 6.89. The van der Waals surface area contributed by atoms with E-state index in [1.807, 2.05) is 0 Å². The van der Waals surface area contributed by atoms with Crippen LogP contribution in [0.3, 0.4) is 0 Å². The van der Waals surface area contributed by atoms with Gasteiger partial charge in [0.1, 0.15) is 23.2 Å². The lowest BCUT2D eigenvalue weighted by atomic mass is 10.2. The maximum absolute atomic E-state index is 13.4. The van der Waals surface area contributed by atoms with Crippen molar-refractivity contribution in [2.24, 2.45) is 0 Å². The largest absolute Gasteiger partial charge is 0.573 e. The van der Waals surface area contributed by atoms with E-state index < -0.39 is 45.0 Å². The Balaban J connectivity index is 1.47. The number of hydrogen-bond acceptors (Lipinski definition) is 5. The van der Waals surface area contributed by atoms with Gasteiger partial charge >= 0.3 is 6.36 Å². The third-order valence-electron chi connectivity index (χ3n) is 5.12. The van der Waals surface area contributed by atoms with Crippen LogP contribution in [0, 0.1) is 5.82 Å². The lowest BCUT2D eigenvalue weighted by molar-refractivity contribution is -0.274. The molecule has 1 saturated heterocycles. The highest BCUT2D eigenvalue weighted by molar-refractivity contribution is 7.89. The molecule has 2 aromatic carbocycles. The number of halogens is 4. The van der Waals surface area contributed by atoms with Gasteiger partial charge in [0.15, 0.2) is 0 Å². The van der Waals surface area contributed by atoms with E-state index in [9.17, 15) is 30.8 Å². The molecule has 12 heteroatoms. The van der Waals surface area contributed by atoms with Gasteiger partial charge in [0, 0.05) is 24.5 Å². The van der Waals surface area contributed by atoms with Crippen LogP contribution in [-0.2, 0) is 21.4 Å². The number of hydrogen-bond donors (Lipinski definition) is 1. The molecule has 0 spiro atoms. The maximum Gasteiger partial charge on any atom is 0.573 e. The van der Waals surface area contributed by atoms with Crippen LogP contribution in [-0.4, -0.2) is 37.6 Å². The summed E-state index contributed by atoms with van der Waals surface area (Å²) in [5.74, 6) is -1.57. The van der Waals surface area contributed by atoms with Crippen molar-refractivity contribution in [2.75, 3.05) is 6.54 Å². The number of sulfonamides is 1. The zero-order valence-electron chi connectivity index (χ0n) is 16.9. The number of nitrogens with one attached hydrogen (secondary N) is 1. The zero-order chi connectivity index (χ0) is 23.8. The van der Waals surface area contributed by atoms with Gasteiger partial charge in [-0.2, -0.15) is 4.31 Å². The predicted octanol–water partition coefficient (Wildman–Crippen LogP) is 3.94. The summed E-state index contributed by atoms with van der Waals surface area (Å²) < 4.78 is 87.0. The smallest absolute Gasteiger partial charge is 0.443 e. The van der Waals surface area contributed by atoms with Gasteiger partial charge in [0.25, 0.3) is 10.0 Å². The molecule has 1 aromatic heterocycles. The molecule has 1 fully saturated rings. The van der Waals surface area contributed by atoms with E-state index in [1.54, 1.807) is 0 Å². The molecule has 1 aliphatic rings. The van der Waals surface area contributed by atoms with Crippen molar-refractivity contribution in [3.8, 4) is 5.75 Å². The highest BCUT2D eigenvalue weighted by Gasteiger charge is 2.41. The number of furan rings is 1. The zero-order valence-corrected chi connectivity index (χ0v) is 17.7. The second kappa shape index (κ2) is 8.67. The number of carbonyl (C=O) groups excluding carboxylic acids is 1. The van der Waals surface area contributed by atoms with Gasteiger partial charge in [-0.25, -0.2) is 12.8 Å². The molecule has 3 aromatic rings. The second-order valence-electron chi connectivity index (χ2n) is 7.43. The molecule has 1 aliphatic heterocycles. The fourth-order valence-corrected chi connectivity index (χ4v) is 5.29. The van der Waals surface area contributed by atoms with Crippen molar-refractivity contribution in [3.63, 3.8) is 0 Å². The van der Waals surface area contributed by atoms with Crippen LogP contribution in [0.25, 0.3) is 11.0 Å². The van der Waals surface area contributed by atoms with Crippen LogP contribution in [0.2, 0.25) is 0 Å². The van der Waals surface area contributed by atoms with Crippen LogP contribution < -0.4 is 10.1 Å². The van der Waals surface area contributed by atoms with E-state index in [2.05, 4.69) is 10.1 Å². The summed E-state index contributed by atoms with van der Waals surface area (Å²) >= 11 is 0. The van der Waals surface area contributed by atoms with Crippen molar-refractivity contribution in [1.82, 2.24) is 9.62 Å². The molecule has 176 valence electrons. The minimum absolute atomic E-state index is 0.0841. The highest BCUT2D eigenvalue weighted by atomic mass is 32.2. The van der Waals surface area contributed by atoms with Crippen LogP contribution in [0.15, 0.2) is 58.0 Å². The minimum Gasteiger partial charge on any atom is -0.443 e. The molecule has 1 atom stereocenters. The van der Waals surface area contributed by atoms with Crippen LogP contribution in [0.5, 0.6) is 5.75 Å². The number of benzene rings is 2. The summed E-state index contributed by atoms with van der Waals surface area (Å²) in [4.78, 5) is 12.7. The standard InChI is InChI=1S/C21H18F4N2O5S/c22-15-6-7-18-14(10-15)11-19(31-18)33(29,30)27-8-2-5-17(27)20(28)26-12-13-3-1-4-16(9-13)32-21(23,24)25/h1,3-4,6-7,9-11,17H,2,5,8,12H2,(H,26,28). The lowest BCUT2D eigenvalue weighted by Gasteiger charge is -2.22. The van der Waals surface area contributed by atoms with Crippen molar-refractivity contribution in [2.45, 2.75) is 36.9 Å². The number of nitrogens with zero attached hydrogens (tertiary/aromatic N) is 1. The summed E-state index contributed by atoms with van der Waals surface area (Å²) in [5.41, 5.74) is 0.535. The summed E-state index contributed by atoms with van der Waals surface area (Å²) in [5, 5.41) is 2.43. The average molecular weight is 486 g/mol. The van der Waals surface area contributed by atoms with Crippen LogP contribution in [0.4, 0.5) is 17.6 Å². The third kappa shape index (κ3) is 5.11. The molecular weight excluding hydrogens is 468 g/mol. The fraction of sp³-hybridized carbons (Fsp3) is 0.286. The number of amides is 1. The molecule has 33 heavy (non-hydrogen) atoms. The fourth-order valence-electron chi connectivity index (χ4n) is 3.68. The monoisotopic (exact) mass is 486 g/mol. The quantitative estimate of drug-likeness (QED) is 0.534. The Hall–Kier alpha value is -3.12. The van der Waals surface area contributed by atoms with Gasteiger partial charge in [-0.05, 0) is 48.7 Å². The molecule has 0 bridgehead atoms. The topological polar surface area (TPSA) is 88.9 Å². The second-order valence-corrected chi connectivity index (χ2v) is 9.26. The number of carbonyl (C=O) groups is 1. The molecule has 1 amide bonds. The first-order valence-electron chi connectivity index (χ1n) is 9.86.